The van der Waals surface area contributed by atoms with E-state index < -0.39 is 5.60 Å². The van der Waals surface area contributed by atoms with E-state index in [1.54, 1.807) is 0 Å². The van der Waals surface area contributed by atoms with Crippen molar-refractivity contribution in [3.63, 3.8) is 0 Å². The molecule has 0 fully saturated rings. The number of nitrogens with one attached hydrogen (secondary N) is 1. The van der Waals surface area contributed by atoms with Crippen LogP contribution in [0.1, 0.15) is 41.0 Å². The molecular formula is C11H25NO. The second-order valence-corrected chi connectivity index (χ2v) is 5.12. The van der Waals surface area contributed by atoms with E-state index in [9.17, 15) is 5.11 Å². The first kappa shape index (κ1) is 12.9. The van der Waals surface area contributed by atoms with E-state index in [2.05, 4.69) is 33.0 Å². The van der Waals surface area contributed by atoms with Crippen molar-refractivity contribution in [1.82, 2.24) is 5.32 Å². The molecule has 0 bridgehead atoms. The van der Waals surface area contributed by atoms with Crippen molar-refractivity contribution in [1.29, 1.82) is 0 Å². The molecule has 2 nitrogen and oxygen atoms in total. The Bertz CT molecular complexity index is 130. The molecule has 0 aromatic rings. The zero-order valence-corrected chi connectivity index (χ0v) is 9.72. The van der Waals surface area contributed by atoms with Gasteiger partial charge in [0.25, 0.3) is 0 Å². The second-order valence-electron chi connectivity index (χ2n) is 5.12. The van der Waals surface area contributed by atoms with E-state index in [0.717, 1.165) is 13.0 Å². The van der Waals surface area contributed by atoms with Gasteiger partial charge < -0.3 is 10.4 Å². The lowest BCUT2D eigenvalue weighted by Gasteiger charge is -2.26. The van der Waals surface area contributed by atoms with Gasteiger partial charge in [-0.25, -0.2) is 0 Å². The van der Waals surface area contributed by atoms with Gasteiger partial charge in [0.2, 0.25) is 0 Å². The normalized spacial score (nSPS) is 16.6. The van der Waals surface area contributed by atoms with Crippen LogP contribution in [0.15, 0.2) is 0 Å². The van der Waals surface area contributed by atoms with Crippen LogP contribution in [0.2, 0.25) is 0 Å². The molecule has 2 heteroatoms. The monoisotopic (exact) mass is 187 g/mol. The Labute approximate surface area is 82.7 Å². The molecule has 0 spiro atoms. The van der Waals surface area contributed by atoms with Crippen LogP contribution in [0.3, 0.4) is 0 Å². The number of rotatable bonds is 6. The highest BCUT2D eigenvalue weighted by Gasteiger charge is 2.20. The fraction of sp³-hybridized carbons (Fsp3) is 1.00. The van der Waals surface area contributed by atoms with Crippen LogP contribution in [0.25, 0.3) is 0 Å². The summed E-state index contributed by atoms with van der Waals surface area (Å²) in [5, 5.41) is 13.2. The number of hydrogen-bond acceptors (Lipinski definition) is 2. The minimum Gasteiger partial charge on any atom is -0.389 e. The largest absolute Gasteiger partial charge is 0.389 e. The third-order valence-corrected chi connectivity index (χ3v) is 1.91. The van der Waals surface area contributed by atoms with Crippen LogP contribution in [0.4, 0.5) is 0 Å². The molecule has 1 unspecified atom stereocenters. The van der Waals surface area contributed by atoms with Gasteiger partial charge in [-0.05, 0) is 31.7 Å². The Hall–Kier alpha value is -0.0800. The zero-order chi connectivity index (χ0) is 10.5. The molecule has 0 rings (SSSR count). The van der Waals surface area contributed by atoms with E-state index in [0.29, 0.717) is 18.4 Å². The molecule has 0 heterocycles. The van der Waals surface area contributed by atoms with Crippen molar-refractivity contribution in [2.75, 3.05) is 13.1 Å². The van der Waals surface area contributed by atoms with Crippen molar-refractivity contribution >= 4 is 0 Å². The molecule has 0 aliphatic heterocycles. The standard InChI is InChI=1S/C11H25NO/c1-9(2)6-11(5,13)8-12-7-10(3)4/h9-10,12-13H,6-8H2,1-5H3. The summed E-state index contributed by atoms with van der Waals surface area (Å²) in [5.41, 5.74) is -0.553. The molecule has 0 aliphatic carbocycles. The molecular weight excluding hydrogens is 162 g/mol. The van der Waals surface area contributed by atoms with Gasteiger partial charge >= 0.3 is 0 Å². The maximum atomic E-state index is 9.94. The van der Waals surface area contributed by atoms with Crippen LogP contribution >= 0.6 is 0 Å². The molecule has 0 aliphatic rings. The molecule has 80 valence electrons. The molecule has 0 radical (unpaired) electrons. The minimum absolute atomic E-state index is 0.552. The molecule has 0 aromatic carbocycles. The summed E-state index contributed by atoms with van der Waals surface area (Å²) in [5.74, 6) is 1.20. The van der Waals surface area contributed by atoms with Crippen molar-refractivity contribution in [3.05, 3.63) is 0 Å². The van der Waals surface area contributed by atoms with Gasteiger partial charge in [0.1, 0.15) is 0 Å². The van der Waals surface area contributed by atoms with E-state index >= 15 is 0 Å². The summed E-state index contributed by atoms with van der Waals surface area (Å²) in [6.45, 7) is 12.2. The summed E-state index contributed by atoms with van der Waals surface area (Å²) >= 11 is 0. The Balaban J connectivity index is 3.62. The predicted octanol–water partition coefficient (Wildman–Crippen LogP) is 2.03. The lowest BCUT2D eigenvalue weighted by Crippen LogP contribution is -2.40. The second kappa shape index (κ2) is 5.61. The number of aliphatic hydroxyl groups is 1. The molecule has 0 amide bonds. The quantitative estimate of drug-likeness (QED) is 0.667. The van der Waals surface area contributed by atoms with E-state index in [1.807, 2.05) is 6.92 Å². The van der Waals surface area contributed by atoms with E-state index in [4.69, 9.17) is 0 Å². The summed E-state index contributed by atoms with van der Waals surface area (Å²) in [6.07, 6.45) is 0.859. The van der Waals surface area contributed by atoms with Gasteiger partial charge in [-0.2, -0.15) is 0 Å². The molecule has 0 saturated carbocycles. The predicted molar refractivity (Wildman–Crippen MR) is 57.8 cm³/mol. The summed E-state index contributed by atoms with van der Waals surface area (Å²) < 4.78 is 0. The highest BCUT2D eigenvalue weighted by molar-refractivity contribution is 4.76. The van der Waals surface area contributed by atoms with Crippen LogP contribution in [-0.4, -0.2) is 23.8 Å². The van der Waals surface area contributed by atoms with Crippen LogP contribution < -0.4 is 5.32 Å². The van der Waals surface area contributed by atoms with Gasteiger partial charge in [0.05, 0.1) is 5.60 Å². The van der Waals surface area contributed by atoms with Crippen LogP contribution in [-0.2, 0) is 0 Å². The van der Waals surface area contributed by atoms with Crippen LogP contribution in [0.5, 0.6) is 0 Å². The highest BCUT2D eigenvalue weighted by atomic mass is 16.3. The Morgan fingerprint density at radius 3 is 2.08 bits per heavy atom. The topological polar surface area (TPSA) is 32.3 Å². The van der Waals surface area contributed by atoms with E-state index in [-0.39, 0.29) is 0 Å². The maximum Gasteiger partial charge on any atom is 0.0746 e. The zero-order valence-electron chi connectivity index (χ0n) is 9.72. The van der Waals surface area contributed by atoms with Gasteiger partial charge in [-0.3, -0.25) is 0 Å². The number of hydrogen-bond donors (Lipinski definition) is 2. The third kappa shape index (κ3) is 8.26. The third-order valence-electron chi connectivity index (χ3n) is 1.91. The molecule has 13 heavy (non-hydrogen) atoms. The first-order chi connectivity index (χ1) is 5.83. The maximum absolute atomic E-state index is 9.94. The summed E-state index contributed by atoms with van der Waals surface area (Å²) in [7, 11) is 0. The average molecular weight is 187 g/mol. The SMILES string of the molecule is CC(C)CNCC(C)(O)CC(C)C. The van der Waals surface area contributed by atoms with Crippen molar-refractivity contribution < 1.29 is 5.11 Å². The Morgan fingerprint density at radius 2 is 1.69 bits per heavy atom. The summed E-state index contributed by atoms with van der Waals surface area (Å²) in [6, 6.07) is 0. The van der Waals surface area contributed by atoms with Gasteiger partial charge in [-0.1, -0.05) is 27.7 Å². The molecule has 2 N–H and O–H groups in total. The molecule has 0 saturated heterocycles. The fourth-order valence-corrected chi connectivity index (χ4v) is 1.58. The molecule has 0 aromatic heterocycles. The first-order valence-electron chi connectivity index (χ1n) is 5.26. The van der Waals surface area contributed by atoms with Crippen molar-refractivity contribution in [2.45, 2.75) is 46.6 Å². The summed E-state index contributed by atoms with van der Waals surface area (Å²) in [4.78, 5) is 0. The Morgan fingerprint density at radius 1 is 1.15 bits per heavy atom. The average Bonchev–Trinajstić information content (AvgIpc) is 1.81. The van der Waals surface area contributed by atoms with Gasteiger partial charge in [0.15, 0.2) is 0 Å². The highest BCUT2D eigenvalue weighted by Crippen LogP contribution is 2.14. The molecule has 1 atom stereocenters. The fourth-order valence-electron chi connectivity index (χ4n) is 1.58. The van der Waals surface area contributed by atoms with Gasteiger partial charge in [0, 0.05) is 6.54 Å². The van der Waals surface area contributed by atoms with Crippen LogP contribution in [0, 0.1) is 11.8 Å². The van der Waals surface area contributed by atoms with Crippen molar-refractivity contribution in [3.8, 4) is 0 Å². The first-order valence-corrected chi connectivity index (χ1v) is 5.26. The Kier molecular flexibility index (Phi) is 5.57. The lowest BCUT2D eigenvalue weighted by molar-refractivity contribution is 0.0381. The van der Waals surface area contributed by atoms with E-state index in [1.165, 1.54) is 0 Å². The lowest BCUT2D eigenvalue weighted by atomic mass is 9.94. The van der Waals surface area contributed by atoms with Crippen molar-refractivity contribution in [2.24, 2.45) is 11.8 Å². The minimum atomic E-state index is -0.553. The van der Waals surface area contributed by atoms with Gasteiger partial charge in [-0.15, -0.1) is 0 Å². The smallest absolute Gasteiger partial charge is 0.0746 e.